The Morgan fingerprint density at radius 2 is 1.78 bits per heavy atom. The van der Waals surface area contributed by atoms with Crippen molar-refractivity contribution in [2.45, 2.75) is 44.7 Å². The summed E-state index contributed by atoms with van der Waals surface area (Å²) in [6.07, 6.45) is 6.26. The molecular weight excluding hydrogens is 406 g/mol. The van der Waals surface area contributed by atoms with Crippen LogP contribution < -0.4 is 10.9 Å². The average molecular weight is 436 g/mol. The molecule has 2 aromatic rings. The van der Waals surface area contributed by atoms with Crippen molar-refractivity contribution in [3.63, 3.8) is 0 Å². The van der Waals surface area contributed by atoms with Gasteiger partial charge in [0, 0.05) is 75.3 Å². The van der Waals surface area contributed by atoms with Gasteiger partial charge in [0.1, 0.15) is 5.69 Å². The molecule has 1 N–H and O–H groups in total. The fourth-order valence-electron chi connectivity index (χ4n) is 5.62. The lowest BCUT2D eigenvalue weighted by Crippen LogP contribution is -2.53. The summed E-state index contributed by atoms with van der Waals surface area (Å²) in [4.78, 5) is 45.8. The number of nitrogens with zero attached hydrogens (tertiary/aromatic N) is 4. The number of anilines is 1. The molecule has 8 heteroatoms. The molecule has 0 unspecified atom stereocenters. The van der Waals surface area contributed by atoms with Crippen LogP contribution in [-0.4, -0.2) is 63.4 Å². The Bertz CT molecular complexity index is 1070. The predicted octanol–water partition coefficient (Wildman–Crippen LogP) is 1.93. The van der Waals surface area contributed by atoms with Crippen molar-refractivity contribution >= 4 is 17.5 Å². The molecule has 2 amide bonds. The molecule has 8 nitrogen and oxygen atoms in total. The van der Waals surface area contributed by atoms with Crippen molar-refractivity contribution in [3.05, 3.63) is 58.3 Å². The average Bonchev–Trinajstić information content (AvgIpc) is 2.81. The van der Waals surface area contributed by atoms with E-state index in [-0.39, 0.29) is 17.4 Å². The second-order valence-corrected chi connectivity index (χ2v) is 9.27. The number of nitrogens with one attached hydrogen (secondary N) is 1. The highest BCUT2D eigenvalue weighted by molar-refractivity contribution is 6.04. The van der Waals surface area contributed by atoms with Gasteiger partial charge in [-0.25, -0.2) is 0 Å². The van der Waals surface area contributed by atoms with E-state index in [0.29, 0.717) is 35.7 Å². The minimum Gasteiger partial charge on any atom is -0.343 e. The molecule has 0 saturated carbocycles. The smallest absolute Gasteiger partial charge is 0.274 e. The number of fused-ring (bicyclic) bond motifs is 4. The van der Waals surface area contributed by atoms with Gasteiger partial charge < -0.3 is 14.8 Å². The molecule has 3 aliphatic heterocycles. The first-order valence-corrected chi connectivity index (χ1v) is 11.4. The summed E-state index contributed by atoms with van der Waals surface area (Å²) >= 11 is 0. The first kappa shape index (κ1) is 20.9. The number of carbonyl (C=O) groups is 2. The van der Waals surface area contributed by atoms with Crippen LogP contribution in [0, 0.1) is 5.92 Å². The Morgan fingerprint density at radius 3 is 2.50 bits per heavy atom. The van der Waals surface area contributed by atoms with Gasteiger partial charge in [-0.3, -0.25) is 24.3 Å². The van der Waals surface area contributed by atoms with E-state index in [1.54, 1.807) is 37.5 Å². The van der Waals surface area contributed by atoms with Crippen LogP contribution in [0.2, 0.25) is 0 Å². The standard InChI is InChI=1S/C24H29N5O3/c1-16(30)27-10-6-20(7-11-27)28-13-17-12-19(15-28)22-3-2-21(24(32)29(22)14-17)26-23(31)18-4-8-25-9-5-18/h2-5,8-9,17,19-20H,6-7,10-15H2,1H3,(H,26,31)/t17-,19+/m0/s1. The topological polar surface area (TPSA) is 87.5 Å². The van der Waals surface area contributed by atoms with E-state index < -0.39 is 0 Å². The third kappa shape index (κ3) is 3.95. The maximum atomic E-state index is 13.2. The monoisotopic (exact) mass is 435 g/mol. The van der Waals surface area contributed by atoms with Crippen LogP contribution in [0.15, 0.2) is 41.5 Å². The number of piperidine rings is 2. The molecule has 168 valence electrons. The number of amides is 2. The van der Waals surface area contributed by atoms with Gasteiger partial charge in [0.2, 0.25) is 5.91 Å². The maximum Gasteiger partial charge on any atom is 0.274 e. The number of carbonyl (C=O) groups excluding carboxylic acids is 2. The van der Waals surface area contributed by atoms with Crippen molar-refractivity contribution < 1.29 is 9.59 Å². The number of rotatable bonds is 3. The quantitative estimate of drug-likeness (QED) is 0.796. The van der Waals surface area contributed by atoms with Crippen LogP contribution in [0.1, 0.15) is 48.2 Å². The lowest BCUT2D eigenvalue weighted by Gasteiger charge is -2.47. The summed E-state index contributed by atoms with van der Waals surface area (Å²) in [6, 6.07) is 7.52. The lowest BCUT2D eigenvalue weighted by atomic mass is 9.82. The molecule has 2 atom stereocenters. The Kier molecular flexibility index (Phi) is 5.55. The van der Waals surface area contributed by atoms with Gasteiger partial charge in [-0.15, -0.1) is 0 Å². The zero-order chi connectivity index (χ0) is 22.2. The fraction of sp³-hybridized carbons (Fsp3) is 0.500. The van der Waals surface area contributed by atoms with Gasteiger partial charge in [-0.05, 0) is 49.4 Å². The van der Waals surface area contributed by atoms with E-state index in [9.17, 15) is 14.4 Å². The summed E-state index contributed by atoms with van der Waals surface area (Å²) < 4.78 is 1.87. The normalized spacial score (nSPS) is 23.5. The summed E-state index contributed by atoms with van der Waals surface area (Å²) in [5.41, 5.74) is 1.75. The lowest BCUT2D eigenvalue weighted by molar-refractivity contribution is -0.130. The van der Waals surface area contributed by atoms with E-state index in [2.05, 4.69) is 15.2 Å². The van der Waals surface area contributed by atoms with Crippen molar-refractivity contribution in [3.8, 4) is 0 Å². The van der Waals surface area contributed by atoms with Crippen LogP contribution in [0.3, 0.4) is 0 Å². The molecule has 0 radical (unpaired) electrons. The highest BCUT2D eigenvalue weighted by Gasteiger charge is 2.38. The first-order chi connectivity index (χ1) is 15.5. The van der Waals surface area contributed by atoms with E-state index in [1.807, 2.05) is 15.5 Å². The Balaban J connectivity index is 1.31. The summed E-state index contributed by atoms with van der Waals surface area (Å²) in [5.74, 6) is 0.616. The Hall–Kier alpha value is -3.00. The highest BCUT2D eigenvalue weighted by Crippen LogP contribution is 2.37. The Labute approximate surface area is 187 Å². The van der Waals surface area contributed by atoms with Crippen molar-refractivity contribution in [1.82, 2.24) is 19.4 Å². The molecule has 2 saturated heterocycles. The minimum atomic E-state index is -0.302. The number of hydrogen-bond acceptors (Lipinski definition) is 5. The van der Waals surface area contributed by atoms with Gasteiger partial charge in [0.25, 0.3) is 11.5 Å². The molecule has 32 heavy (non-hydrogen) atoms. The van der Waals surface area contributed by atoms with Crippen LogP contribution in [0.4, 0.5) is 5.69 Å². The van der Waals surface area contributed by atoms with Crippen LogP contribution in [0.25, 0.3) is 0 Å². The van der Waals surface area contributed by atoms with Gasteiger partial charge in [-0.2, -0.15) is 0 Å². The third-order valence-corrected chi connectivity index (χ3v) is 7.25. The number of aromatic nitrogens is 2. The van der Waals surface area contributed by atoms with Gasteiger partial charge in [0.05, 0.1) is 0 Å². The van der Waals surface area contributed by atoms with Crippen molar-refractivity contribution in [1.29, 1.82) is 0 Å². The van der Waals surface area contributed by atoms with E-state index in [1.165, 1.54) is 0 Å². The second kappa shape index (κ2) is 8.50. The van der Waals surface area contributed by atoms with Crippen molar-refractivity contribution in [2.75, 3.05) is 31.5 Å². The molecular formula is C24H29N5O3. The molecule has 3 aliphatic rings. The van der Waals surface area contributed by atoms with Gasteiger partial charge in [-0.1, -0.05) is 0 Å². The SMILES string of the molecule is CC(=O)N1CCC(N2C[C@@H]3C[C@H](C2)c2ccc(NC(=O)c4ccncc4)c(=O)n2C3)CC1. The summed E-state index contributed by atoms with van der Waals surface area (Å²) in [7, 11) is 0. The molecule has 2 fully saturated rings. The third-order valence-electron chi connectivity index (χ3n) is 7.25. The summed E-state index contributed by atoms with van der Waals surface area (Å²) in [5, 5.41) is 2.77. The van der Waals surface area contributed by atoms with Crippen molar-refractivity contribution in [2.24, 2.45) is 5.92 Å². The molecule has 0 aromatic carbocycles. The van der Waals surface area contributed by atoms with Crippen LogP contribution >= 0.6 is 0 Å². The molecule has 2 aromatic heterocycles. The van der Waals surface area contributed by atoms with Crippen LogP contribution in [-0.2, 0) is 11.3 Å². The molecule has 5 heterocycles. The molecule has 5 rings (SSSR count). The van der Waals surface area contributed by atoms with E-state index >= 15 is 0 Å². The first-order valence-electron chi connectivity index (χ1n) is 11.4. The summed E-state index contributed by atoms with van der Waals surface area (Å²) in [6.45, 7) is 5.94. The molecule has 0 spiro atoms. The Morgan fingerprint density at radius 1 is 1.03 bits per heavy atom. The largest absolute Gasteiger partial charge is 0.343 e. The maximum absolute atomic E-state index is 13.2. The van der Waals surface area contributed by atoms with E-state index in [0.717, 1.165) is 51.1 Å². The highest BCUT2D eigenvalue weighted by atomic mass is 16.2. The number of hydrogen-bond donors (Lipinski definition) is 1. The van der Waals surface area contributed by atoms with E-state index in [4.69, 9.17) is 0 Å². The number of pyridine rings is 2. The number of likely N-dealkylation sites (tertiary alicyclic amines) is 2. The van der Waals surface area contributed by atoms with Crippen LogP contribution in [0.5, 0.6) is 0 Å². The predicted molar refractivity (Wildman–Crippen MR) is 121 cm³/mol. The minimum absolute atomic E-state index is 0.122. The molecule has 0 aliphatic carbocycles. The van der Waals surface area contributed by atoms with Gasteiger partial charge in [0.15, 0.2) is 0 Å². The fourth-order valence-corrected chi connectivity index (χ4v) is 5.62. The zero-order valence-corrected chi connectivity index (χ0v) is 18.4. The second-order valence-electron chi connectivity index (χ2n) is 9.27. The van der Waals surface area contributed by atoms with Gasteiger partial charge >= 0.3 is 0 Å². The molecule has 2 bridgehead atoms. The zero-order valence-electron chi connectivity index (χ0n) is 18.4.